The molecule has 0 aliphatic carbocycles. The van der Waals surface area contributed by atoms with E-state index in [1.807, 2.05) is 16.9 Å². The van der Waals surface area contributed by atoms with Crippen LogP contribution in [0.15, 0.2) is 12.3 Å². The number of rotatable bonds is 7. The van der Waals surface area contributed by atoms with Crippen molar-refractivity contribution in [2.45, 2.75) is 18.9 Å². The second-order valence-electron chi connectivity index (χ2n) is 4.90. The van der Waals surface area contributed by atoms with E-state index in [1.54, 1.807) is 7.11 Å². The quantitative estimate of drug-likeness (QED) is 0.740. The molecule has 0 atom stereocenters. The maximum Gasteiger partial charge on any atom is 0.145 e. The zero-order valence-electron chi connectivity index (χ0n) is 11.6. The molecule has 6 heteroatoms. The van der Waals surface area contributed by atoms with Crippen molar-refractivity contribution in [1.82, 2.24) is 14.7 Å². The summed E-state index contributed by atoms with van der Waals surface area (Å²) in [6.45, 7) is 5.32. The van der Waals surface area contributed by atoms with Gasteiger partial charge in [-0.15, -0.1) is 0 Å². The SMILES string of the molecule is COCCOCCN1CCC(n2ccc(N)n2)CC1. The van der Waals surface area contributed by atoms with Gasteiger partial charge in [-0.2, -0.15) is 5.10 Å². The van der Waals surface area contributed by atoms with Gasteiger partial charge in [0.1, 0.15) is 5.82 Å². The lowest BCUT2D eigenvalue weighted by Crippen LogP contribution is -2.37. The van der Waals surface area contributed by atoms with Gasteiger partial charge in [0.2, 0.25) is 0 Å². The molecule has 2 N–H and O–H groups in total. The van der Waals surface area contributed by atoms with Gasteiger partial charge in [0.15, 0.2) is 0 Å². The lowest BCUT2D eigenvalue weighted by atomic mass is 10.1. The number of ether oxygens (including phenoxy) is 2. The van der Waals surface area contributed by atoms with E-state index in [2.05, 4.69) is 10.00 Å². The van der Waals surface area contributed by atoms with Crippen LogP contribution in [0.25, 0.3) is 0 Å². The molecule has 6 nitrogen and oxygen atoms in total. The van der Waals surface area contributed by atoms with Crippen LogP contribution in [0.2, 0.25) is 0 Å². The van der Waals surface area contributed by atoms with Crippen LogP contribution in [0.4, 0.5) is 5.82 Å². The Bertz CT molecular complexity index is 361. The maximum absolute atomic E-state index is 5.65. The first-order chi connectivity index (χ1) is 9.29. The number of hydrogen-bond acceptors (Lipinski definition) is 5. The summed E-state index contributed by atoms with van der Waals surface area (Å²) in [4.78, 5) is 2.44. The summed E-state index contributed by atoms with van der Waals surface area (Å²) in [6.07, 6.45) is 4.22. The van der Waals surface area contributed by atoms with Crippen LogP contribution in [0.1, 0.15) is 18.9 Å². The number of piperidine rings is 1. The average molecular weight is 268 g/mol. The van der Waals surface area contributed by atoms with Gasteiger partial charge in [-0.3, -0.25) is 4.68 Å². The molecule has 2 rings (SSSR count). The zero-order valence-corrected chi connectivity index (χ0v) is 11.6. The Morgan fingerprint density at radius 1 is 1.32 bits per heavy atom. The number of methoxy groups -OCH3 is 1. The Balaban J connectivity index is 1.62. The van der Waals surface area contributed by atoms with Crippen LogP contribution in [-0.2, 0) is 9.47 Å². The van der Waals surface area contributed by atoms with Crippen molar-refractivity contribution in [3.05, 3.63) is 12.3 Å². The fourth-order valence-electron chi connectivity index (χ4n) is 2.40. The minimum absolute atomic E-state index is 0.489. The molecule has 0 aromatic carbocycles. The number of likely N-dealkylation sites (tertiary alicyclic amines) is 1. The molecule has 1 aromatic rings. The van der Waals surface area contributed by atoms with Gasteiger partial charge in [-0.1, -0.05) is 0 Å². The number of nitrogens with zero attached hydrogens (tertiary/aromatic N) is 3. The van der Waals surface area contributed by atoms with E-state index in [4.69, 9.17) is 15.2 Å². The summed E-state index contributed by atoms with van der Waals surface area (Å²) in [5.74, 6) is 0.606. The lowest BCUT2D eigenvalue weighted by Gasteiger charge is -2.31. The Morgan fingerprint density at radius 3 is 2.74 bits per heavy atom. The van der Waals surface area contributed by atoms with E-state index in [-0.39, 0.29) is 0 Å². The topological polar surface area (TPSA) is 65.5 Å². The Hall–Kier alpha value is -1.11. The highest BCUT2D eigenvalue weighted by molar-refractivity contribution is 5.24. The van der Waals surface area contributed by atoms with E-state index in [9.17, 15) is 0 Å². The standard InChI is InChI=1S/C13H24N4O2/c1-18-10-11-19-9-8-16-5-2-12(3-6-16)17-7-4-13(14)15-17/h4,7,12H,2-3,5-6,8-11H2,1H3,(H2,14,15). The summed E-state index contributed by atoms with van der Waals surface area (Å²) >= 11 is 0. The van der Waals surface area contributed by atoms with E-state index >= 15 is 0 Å². The van der Waals surface area contributed by atoms with Gasteiger partial charge in [0, 0.05) is 32.9 Å². The van der Waals surface area contributed by atoms with Crippen LogP contribution in [0, 0.1) is 0 Å². The molecule has 0 bridgehead atoms. The lowest BCUT2D eigenvalue weighted by molar-refractivity contribution is 0.0510. The minimum Gasteiger partial charge on any atom is -0.382 e. The van der Waals surface area contributed by atoms with E-state index in [1.165, 1.54) is 0 Å². The van der Waals surface area contributed by atoms with Gasteiger partial charge in [0.05, 0.1) is 25.9 Å². The van der Waals surface area contributed by atoms with Gasteiger partial charge in [-0.05, 0) is 18.9 Å². The molecule has 0 saturated carbocycles. The van der Waals surface area contributed by atoms with Gasteiger partial charge >= 0.3 is 0 Å². The molecular formula is C13H24N4O2. The van der Waals surface area contributed by atoms with Gasteiger partial charge in [0.25, 0.3) is 0 Å². The van der Waals surface area contributed by atoms with E-state index < -0.39 is 0 Å². The number of hydrogen-bond donors (Lipinski definition) is 1. The molecule has 1 saturated heterocycles. The molecule has 1 fully saturated rings. The fraction of sp³-hybridized carbons (Fsp3) is 0.769. The zero-order chi connectivity index (χ0) is 13.5. The third kappa shape index (κ3) is 4.49. The molecule has 19 heavy (non-hydrogen) atoms. The Labute approximate surface area is 114 Å². The number of nitrogens with two attached hydrogens (primary N) is 1. The van der Waals surface area contributed by atoms with Crippen molar-refractivity contribution in [3.8, 4) is 0 Å². The number of nitrogen functional groups attached to an aromatic ring is 1. The highest BCUT2D eigenvalue weighted by Gasteiger charge is 2.20. The van der Waals surface area contributed by atoms with E-state index in [0.29, 0.717) is 25.1 Å². The van der Waals surface area contributed by atoms with Crippen LogP contribution in [0.3, 0.4) is 0 Å². The largest absolute Gasteiger partial charge is 0.382 e. The molecular weight excluding hydrogens is 244 g/mol. The molecule has 1 aliphatic heterocycles. The molecule has 0 spiro atoms. The normalized spacial score (nSPS) is 17.9. The molecule has 108 valence electrons. The first-order valence-electron chi connectivity index (χ1n) is 6.89. The first kappa shape index (κ1) is 14.3. The van der Waals surface area contributed by atoms with Crippen molar-refractivity contribution in [2.75, 3.05) is 52.3 Å². The summed E-state index contributed by atoms with van der Waals surface area (Å²) in [5, 5.41) is 4.29. The highest BCUT2D eigenvalue weighted by atomic mass is 16.5. The molecule has 1 aliphatic rings. The third-order valence-electron chi connectivity index (χ3n) is 3.54. The highest BCUT2D eigenvalue weighted by Crippen LogP contribution is 2.21. The number of anilines is 1. The molecule has 1 aromatic heterocycles. The van der Waals surface area contributed by atoms with Crippen molar-refractivity contribution in [1.29, 1.82) is 0 Å². The molecule has 0 amide bonds. The Kier molecular flexibility index (Phi) is 5.62. The van der Waals surface area contributed by atoms with Crippen molar-refractivity contribution >= 4 is 5.82 Å². The fourth-order valence-corrected chi connectivity index (χ4v) is 2.40. The number of aromatic nitrogens is 2. The van der Waals surface area contributed by atoms with Crippen LogP contribution in [0.5, 0.6) is 0 Å². The predicted molar refractivity (Wildman–Crippen MR) is 74.0 cm³/mol. The monoisotopic (exact) mass is 268 g/mol. The van der Waals surface area contributed by atoms with Gasteiger partial charge < -0.3 is 20.1 Å². The summed E-state index contributed by atoms with van der Waals surface area (Å²) < 4.78 is 12.4. The maximum atomic E-state index is 5.65. The first-order valence-corrected chi connectivity index (χ1v) is 6.89. The van der Waals surface area contributed by atoms with Crippen molar-refractivity contribution in [3.63, 3.8) is 0 Å². The summed E-state index contributed by atoms with van der Waals surface area (Å²) in [5.41, 5.74) is 5.65. The third-order valence-corrected chi connectivity index (χ3v) is 3.54. The van der Waals surface area contributed by atoms with Crippen LogP contribution < -0.4 is 5.73 Å². The van der Waals surface area contributed by atoms with E-state index in [0.717, 1.165) is 39.1 Å². The second kappa shape index (κ2) is 7.47. The minimum atomic E-state index is 0.489. The summed E-state index contributed by atoms with van der Waals surface area (Å²) in [7, 11) is 1.69. The van der Waals surface area contributed by atoms with Crippen LogP contribution >= 0.6 is 0 Å². The predicted octanol–water partition coefficient (Wildman–Crippen LogP) is 0.765. The van der Waals surface area contributed by atoms with Crippen LogP contribution in [-0.4, -0.2) is 61.2 Å². The van der Waals surface area contributed by atoms with Crippen molar-refractivity contribution in [2.24, 2.45) is 0 Å². The smallest absolute Gasteiger partial charge is 0.145 e. The van der Waals surface area contributed by atoms with Crippen molar-refractivity contribution < 1.29 is 9.47 Å². The Morgan fingerprint density at radius 2 is 2.11 bits per heavy atom. The molecule has 2 heterocycles. The summed E-state index contributed by atoms with van der Waals surface area (Å²) in [6, 6.07) is 2.35. The molecule has 0 radical (unpaired) electrons. The van der Waals surface area contributed by atoms with Gasteiger partial charge in [-0.25, -0.2) is 0 Å². The molecule has 0 unspecified atom stereocenters. The average Bonchev–Trinajstić information content (AvgIpc) is 2.86. The second-order valence-corrected chi connectivity index (χ2v) is 4.90.